The Labute approximate surface area is 117 Å². The number of methoxy groups -OCH3 is 1. The first-order chi connectivity index (χ1) is 9.11. The molecular formula is C12H11BrN2O4. The molecule has 19 heavy (non-hydrogen) atoms. The summed E-state index contributed by atoms with van der Waals surface area (Å²) in [6.45, 7) is 0.105. The van der Waals surface area contributed by atoms with Gasteiger partial charge in [0, 0.05) is 17.2 Å². The fourth-order valence-electron chi connectivity index (χ4n) is 1.61. The van der Waals surface area contributed by atoms with Crippen LogP contribution in [0.3, 0.4) is 0 Å². The van der Waals surface area contributed by atoms with Crippen molar-refractivity contribution in [2.75, 3.05) is 7.11 Å². The molecule has 0 saturated carbocycles. The lowest BCUT2D eigenvalue weighted by molar-refractivity contribution is 0.109. The minimum Gasteiger partial charge on any atom is -0.496 e. The van der Waals surface area contributed by atoms with Crippen molar-refractivity contribution < 1.29 is 19.5 Å². The van der Waals surface area contributed by atoms with Gasteiger partial charge < -0.3 is 14.7 Å². The first-order valence-electron chi connectivity index (χ1n) is 5.35. The van der Waals surface area contributed by atoms with Crippen LogP contribution in [0.5, 0.6) is 11.6 Å². The third-order valence-electron chi connectivity index (χ3n) is 2.48. The highest BCUT2D eigenvalue weighted by Gasteiger charge is 2.14. The Kier molecular flexibility index (Phi) is 4.06. The van der Waals surface area contributed by atoms with Gasteiger partial charge in [-0.1, -0.05) is 11.2 Å². The van der Waals surface area contributed by atoms with E-state index < -0.39 is 0 Å². The number of hydrogen-bond acceptors (Lipinski definition) is 5. The molecule has 1 aromatic carbocycles. The predicted molar refractivity (Wildman–Crippen MR) is 70.0 cm³/mol. The number of rotatable bonds is 5. The van der Waals surface area contributed by atoms with E-state index in [1.807, 2.05) is 0 Å². The molecule has 0 radical (unpaired) electrons. The first-order valence-corrected chi connectivity index (χ1v) is 6.14. The number of aromatic nitrogens is 2. The van der Waals surface area contributed by atoms with Crippen molar-refractivity contribution in [3.05, 3.63) is 41.6 Å². The van der Waals surface area contributed by atoms with Gasteiger partial charge in [-0.2, -0.15) is 0 Å². The van der Waals surface area contributed by atoms with Crippen molar-refractivity contribution in [2.45, 2.75) is 6.61 Å². The summed E-state index contributed by atoms with van der Waals surface area (Å²) in [6, 6.07) is 6.63. The van der Waals surface area contributed by atoms with E-state index in [0.717, 1.165) is 0 Å². The molecule has 0 amide bonds. The topological polar surface area (TPSA) is 73.6 Å². The van der Waals surface area contributed by atoms with Gasteiger partial charge in [0.05, 0.1) is 13.3 Å². The first kappa shape index (κ1) is 13.4. The van der Waals surface area contributed by atoms with E-state index in [4.69, 9.17) is 14.7 Å². The van der Waals surface area contributed by atoms with Gasteiger partial charge >= 0.3 is 0 Å². The van der Waals surface area contributed by atoms with Crippen molar-refractivity contribution >= 4 is 20.6 Å². The van der Waals surface area contributed by atoms with Gasteiger partial charge in [-0.25, -0.2) is 0 Å². The molecule has 6 nitrogen and oxygen atoms in total. The van der Waals surface area contributed by atoms with Gasteiger partial charge in [0.1, 0.15) is 12.4 Å². The summed E-state index contributed by atoms with van der Waals surface area (Å²) in [7, 11) is 1.52. The highest BCUT2D eigenvalue weighted by Crippen LogP contribution is 2.25. The minimum absolute atomic E-state index is 0.105. The molecule has 1 aromatic heterocycles. The molecule has 1 heterocycles. The second-order valence-electron chi connectivity index (χ2n) is 3.62. The molecule has 0 aliphatic rings. The monoisotopic (exact) mass is 326 g/mol. The van der Waals surface area contributed by atoms with E-state index in [1.54, 1.807) is 18.2 Å². The summed E-state index contributed by atoms with van der Waals surface area (Å²) in [4.78, 5) is 12.1. The van der Waals surface area contributed by atoms with Crippen LogP contribution >= 0.6 is 15.9 Å². The Morgan fingerprint density at radius 1 is 1.47 bits per heavy atom. The second kappa shape index (κ2) is 5.75. The van der Waals surface area contributed by atoms with Crippen molar-refractivity contribution in [3.8, 4) is 11.6 Å². The molecule has 0 aliphatic carbocycles. The van der Waals surface area contributed by atoms with E-state index >= 15 is 0 Å². The van der Waals surface area contributed by atoms with Crippen LogP contribution in [0.25, 0.3) is 0 Å². The van der Waals surface area contributed by atoms with Gasteiger partial charge in [0.25, 0.3) is 0 Å². The van der Waals surface area contributed by atoms with Crippen molar-refractivity contribution in [1.82, 2.24) is 9.94 Å². The summed E-state index contributed by atoms with van der Waals surface area (Å²) < 4.78 is 10.4. The van der Waals surface area contributed by atoms with Crippen LogP contribution in [-0.2, 0) is 6.61 Å². The van der Waals surface area contributed by atoms with E-state index in [1.165, 1.54) is 19.4 Å². The van der Waals surface area contributed by atoms with Gasteiger partial charge in [0.15, 0.2) is 0 Å². The van der Waals surface area contributed by atoms with E-state index in [2.05, 4.69) is 21.0 Å². The molecule has 0 spiro atoms. The zero-order chi connectivity index (χ0) is 13.8. The highest BCUT2D eigenvalue weighted by atomic mass is 79.9. The number of carbonyl (C=O) groups is 1. The number of nitrogens with zero attached hydrogens (tertiary/aromatic N) is 2. The number of carbonyl (C=O) groups excluding carboxylic acids is 1. The van der Waals surface area contributed by atoms with Crippen LogP contribution in [0.4, 0.5) is 0 Å². The molecule has 100 valence electrons. The number of ether oxygens (including phenoxy) is 2. The maximum Gasteiger partial charge on any atom is 0.236 e. The molecule has 1 N–H and O–H groups in total. The van der Waals surface area contributed by atoms with Gasteiger partial charge in [-0.15, -0.1) is 4.85 Å². The van der Waals surface area contributed by atoms with Gasteiger partial charge in [-0.05, 0) is 28.1 Å². The average Bonchev–Trinajstić information content (AvgIpc) is 2.81. The zero-order valence-corrected chi connectivity index (χ0v) is 11.6. The molecule has 0 unspecified atom stereocenters. The fourth-order valence-corrected chi connectivity index (χ4v) is 1.98. The number of hydrogen-bond donors (Lipinski definition) is 1. The Morgan fingerprint density at radius 2 is 2.26 bits per heavy atom. The molecule has 0 saturated heterocycles. The van der Waals surface area contributed by atoms with E-state index in [0.29, 0.717) is 21.7 Å². The summed E-state index contributed by atoms with van der Waals surface area (Å²) in [5.74, 6) is 0.801. The lowest BCUT2D eigenvalue weighted by Gasteiger charge is -2.11. The normalized spacial score (nSPS) is 10.2. The quantitative estimate of drug-likeness (QED) is 0.673. The third kappa shape index (κ3) is 3.05. The van der Waals surface area contributed by atoms with E-state index in [-0.39, 0.29) is 17.2 Å². The van der Waals surface area contributed by atoms with Gasteiger partial charge in [0.2, 0.25) is 10.6 Å². The molecular weight excluding hydrogens is 316 g/mol. The van der Waals surface area contributed by atoms with Crippen molar-refractivity contribution in [2.24, 2.45) is 0 Å². The smallest absolute Gasteiger partial charge is 0.236 e. The minimum atomic E-state index is -0.252. The maximum atomic E-state index is 11.5. The molecule has 7 heteroatoms. The van der Waals surface area contributed by atoms with Crippen molar-refractivity contribution in [1.29, 1.82) is 0 Å². The zero-order valence-electron chi connectivity index (χ0n) is 10.0. The fraction of sp³-hybridized carbons (Fsp3) is 0.167. The van der Waals surface area contributed by atoms with Crippen LogP contribution in [0.15, 0.2) is 30.5 Å². The van der Waals surface area contributed by atoms with Crippen LogP contribution in [0, 0.1) is 0 Å². The lowest BCUT2D eigenvalue weighted by atomic mass is 10.1. The molecule has 0 atom stereocenters. The average molecular weight is 327 g/mol. The molecule has 0 fully saturated rings. The summed E-state index contributed by atoms with van der Waals surface area (Å²) in [5, 5.41) is 12.7. The highest BCUT2D eigenvalue weighted by molar-refractivity contribution is 9.18. The van der Waals surface area contributed by atoms with Crippen LogP contribution in [-0.4, -0.2) is 27.0 Å². The van der Waals surface area contributed by atoms with Crippen LogP contribution < -0.4 is 9.47 Å². The van der Waals surface area contributed by atoms with Gasteiger partial charge in [-0.3, -0.25) is 4.79 Å². The van der Waals surface area contributed by atoms with E-state index in [9.17, 15) is 4.79 Å². The van der Waals surface area contributed by atoms with Crippen LogP contribution in [0.2, 0.25) is 0 Å². The Morgan fingerprint density at radius 3 is 2.84 bits per heavy atom. The summed E-state index contributed by atoms with van der Waals surface area (Å²) in [5.41, 5.74) is 1.07. The standard InChI is InChI=1S/C12H11BrN2O4/c1-18-10-4-2-3-8(12(13)16)9(10)7-19-11-5-6-15(17)14-11/h2-6,17H,7H2,1H3. The largest absolute Gasteiger partial charge is 0.496 e. The Balaban J connectivity index is 2.25. The lowest BCUT2D eigenvalue weighted by Crippen LogP contribution is -2.05. The Bertz CT molecular complexity index is 597. The second-order valence-corrected chi connectivity index (χ2v) is 4.34. The molecule has 2 rings (SSSR count). The van der Waals surface area contributed by atoms with Crippen molar-refractivity contribution in [3.63, 3.8) is 0 Å². The molecule has 0 aliphatic heterocycles. The Hall–Kier alpha value is -2.02. The summed E-state index contributed by atoms with van der Waals surface area (Å²) in [6.07, 6.45) is 1.34. The number of benzene rings is 1. The maximum absolute atomic E-state index is 11.5. The number of halogens is 1. The molecule has 2 aromatic rings. The SMILES string of the molecule is COc1cccc(C(=O)Br)c1COc1ccn(O)n1. The predicted octanol–water partition coefficient (Wildman–Crippen LogP) is 2.24. The summed E-state index contributed by atoms with van der Waals surface area (Å²) >= 11 is 2.92. The third-order valence-corrected chi connectivity index (χ3v) is 2.91. The molecule has 0 bridgehead atoms. The van der Waals surface area contributed by atoms with Crippen LogP contribution in [0.1, 0.15) is 15.9 Å².